The SMILES string of the molecule is CCOC(=O)C1CCN(C(=O)/C(C#N)=C\NCCCO)CC1. The molecule has 0 spiro atoms. The second-order valence-corrected chi connectivity index (χ2v) is 5.02. The average Bonchev–Trinajstić information content (AvgIpc) is 2.55. The van der Waals surface area contributed by atoms with E-state index in [1.54, 1.807) is 11.8 Å². The minimum absolute atomic E-state index is 0.0347. The molecule has 22 heavy (non-hydrogen) atoms. The van der Waals surface area contributed by atoms with Gasteiger partial charge in [0, 0.05) is 32.4 Å². The zero-order chi connectivity index (χ0) is 16.4. The van der Waals surface area contributed by atoms with Crippen LogP contribution in [0.5, 0.6) is 0 Å². The Hall–Kier alpha value is -2.07. The van der Waals surface area contributed by atoms with E-state index in [9.17, 15) is 9.59 Å². The van der Waals surface area contributed by atoms with E-state index in [1.807, 2.05) is 6.07 Å². The normalized spacial score (nSPS) is 16.0. The number of likely N-dealkylation sites (tertiary alicyclic amines) is 1. The molecule has 0 radical (unpaired) electrons. The van der Waals surface area contributed by atoms with Crippen LogP contribution >= 0.6 is 0 Å². The lowest BCUT2D eigenvalue weighted by molar-refractivity contribution is -0.150. The van der Waals surface area contributed by atoms with Gasteiger partial charge >= 0.3 is 5.97 Å². The fourth-order valence-electron chi connectivity index (χ4n) is 2.25. The van der Waals surface area contributed by atoms with Gasteiger partial charge in [0.25, 0.3) is 5.91 Å². The highest BCUT2D eigenvalue weighted by atomic mass is 16.5. The standard InChI is InChI=1S/C15H23N3O4/c1-2-22-15(21)12-4-7-18(8-5-12)14(20)13(10-16)11-17-6-3-9-19/h11-12,17,19H,2-9H2,1H3/b13-11-. The molecule has 1 heterocycles. The smallest absolute Gasteiger partial charge is 0.309 e. The number of nitrogens with one attached hydrogen (secondary N) is 1. The average molecular weight is 309 g/mol. The Morgan fingerprint density at radius 3 is 2.68 bits per heavy atom. The van der Waals surface area contributed by atoms with E-state index in [2.05, 4.69) is 5.32 Å². The number of hydrogen-bond donors (Lipinski definition) is 2. The Kier molecular flexibility index (Phi) is 8.00. The summed E-state index contributed by atoms with van der Waals surface area (Å²) in [5.41, 5.74) is 0.0347. The van der Waals surface area contributed by atoms with E-state index in [1.165, 1.54) is 6.20 Å². The van der Waals surface area contributed by atoms with Crippen LogP contribution in [0, 0.1) is 17.2 Å². The van der Waals surface area contributed by atoms with Crippen molar-refractivity contribution in [3.05, 3.63) is 11.8 Å². The molecule has 1 aliphatic heterocycles. The summed E-state index contributed by atoms with van der Waals surface area (Å²) in [5, 5.41) is 20.6. The predicted octanol–water partition coefficient (Wildman–Crippen LogP) is 0.168. The highest BCUT2D eigenvalue weighted by Gasteiger charge is 2.29. The molecule has 1 fully saturated rings. The Bertz CT molecular complexity index is 448. The number of esters is 1. The molecule has 0 aliphatic carbocycles. The quantitative estimate of drug-likeness (QED) is 0.301. The summed E-state index contributed by atoms with van der Waals surface area (Å²) in [6, 6.07) is 1.88. The van der Waals surface area contributed by atoms with E-state index in [0.717, 1.165) is 0 Å². The Balaban J connectivity index is 2.49. The molecule has 1 rings (SSSR count). The largest absolute Gasteiger partial charge is 0.466 e. The van der Waals surface area contributed by atoms with Gasteiger partial charge in [-0.05, 0) is 26.2 Å². The van der Waals surface area contributed by atoms with Crippen LogP contribution < -0.4 is 5.32 Å². The fraction of sp³-hybridized carbons (Fsp3) is 0.667. The second kappa shape index (κ2) is 9.79. The third-order valence-corrected chi connectivity index (χ3v) is 3.48. The first-order valence-corrected chi connectivity index (χ1v) is 7.54. The number of hydrogen-bond acceptors (Lipinski definition) is 6. The summed E-state index contributed by atoms with van der Waals surface area (Å²) in [4.78, 5) is 25.5. The van der Waals surface area contributed by atoms with Crippen LogP contribution in [0.2, 0.25) is 0 Å². The predicted molar refractivity (Wildman–Crippen MR) is 79.3 cm³/mol. The number of aliphatic hydroxyl groups excluding tert-OH is 1. The van der Waals surface area contributed by atoms with Crippen LogP contribution in [0.3, 0.4) is 0 Å². The highest BCUT2D eigenvalue weighted by Crippen LogP contribution is 2.19. The lowest BCUT2D eigenvalue weighted by atomic mass is 9.96. The topological polar surface area (TPSA) is 103 Å². The zero-order valence-electron chi connectivity index (χ0n) is 12.9. The number of nitriles is 1. The van der Waals surface area contributed by atoms with Crippen LogP contribution in [0.15, 0.2) is 11.8 Å². The molecular formula is C15H23N3O4. The van der Waals surface area contributed by atoms with Gasteiger partial charge in [-0.15, -0.1) is 0 Å². The van der Waals surface area contributed by atoms with E-state index in [-0.39, 0.29) is 30.0 Å². The van der Waals surface area contributed by atoms with Crippen molar-refractivity contribution in [3.8, 4) is 6.07 Å². The minimum atomic E-state index is -0.332. The summed E-state index contributed by atoms with van der Waals surface area (Å²) < 4.78 is 4.99. The first-order valence-electron chi connectivity index (χ1n) is 7.54. The molecule has 1 saturated heterocycles. The summed E-state index contributed by atoms with van der Waals surface area (Å²) in [5.74, 6) is -0.709. The molecule has 0 unspecified atom stereocenters. The molecule has 7 heteroatoms. The fourth-order valence-corrected chi connectivity index (χ4v) is 2.25. The first-order chi connectivity index (χ1) is 10.6. The monoisotopic (exact) mass is 309 g/mol. The molecule has 0 aromatic carbocycles. The van der Waals surface area contributed by atoms with Gasteiger partial charge in [0.2, 0.25) is 0 Å². The third-order valence-electron chi connectivity index (χ3n) is 3.48. The van der Waals surface area contributed by atoms with Crippen LogP contribution in [0.4, 0.5) is 0 Å². The maximum Gasteiger partial charge on any atom is 0.309 e. The Labute approximate surface area is 130 Å². The molecular weight excluding hydrogens is 286 g/mol. The van der Waals surface area contributed by atoms with Crippen LogP contribution in [0.25, 0.3) is 0 Å². The lowest BCUT2D eigenvalue weighted by Gasteiger charge is -2.30. The number of piperidine rings is 1. The van der Waals surface area contributed by atoms with Gasteiger partial charge in [-0.1, -0.05) is 0 Å². The van der Waals surface area contributed by atoms with Crippen molar-refractivity contribution in [3.63, 3.8) is 0 Å². The molecule has 1 amide bonds. The van der Waals surface area contributed by atoms with E-state index >= 15 is 0 Å². The summed E-state index contributed by atoms with van der Waals surface area (Å²) in [6.07, 6.45) is 3.05. The molecule has 2 N–H and O–H groups in total. The van der Waals surface area contributed by atoms with Gasteiger partial charge in [-0.25, -0.2) is 0 Å². The van der Waals surface area contributed by atoms with Crippen molar-refractivity contribution in [2.24, 2.45) is 5.92 Å². The Morgan fingerprint density at radius 2 is 2.14 bits per heavy atom. The first kappa shape index (κ1) is 18.0. The summed E-state index contributed by atoms with van der Waals surface area (Å²) in [6.45, 7) is 3.57. The van der Waals surface area contributed by atoms with Gasteiger partial charge in [0.15, 0.2) is 0 Å². The van der Waals surface area contributed by atoms with Crippen LogP contribution in [0.1, 0.15) is 26.2 Å². The van der Waals surface area contributed by atoms with Gasteiger partial charge < -0.3 is 20.1 Å². The lowest BCUT2D eigenvalue weighted by Crippen LogP contribution is -2.41. The number of ether oxygens (including phenoxy) is 1. The molecule has 122 valence electrons. The number of nitrogens with zero attached hydrogens (tertiary/aromatic N) is 2. The number of carbonyl (C=O) groups is 2. The van der Waals surface area contributed by atoms with Gasteiger partial charge in [-0.3, -0.25) is 9.59 Å². The van der Waals surface area contributed by atoms with Crippen molar-refractivity contribution in [2.45, 2.75) is 26.2 Å². The number of carbonyl (C=O) groups excluding carboxylic acids is 2. The van der Waals surface area contributed by atoms with Gasteiger partial charge in [0.1, 0.15) is 11.6 Å². The van der Waals surface area contributed by atoms with Crippen molar-refractivity contribution < 1.29 is 19.4 Å². The van der Waals surface area contributed by atoms with Crippen molar-refractivity contribution in [1.82, 2.24) is 10.2 Å². The second-order valence-electron chi connectivity index (χ2n) is 5.02. The van der Waals surface area contributed by atoms with E-state index in [4.69, 9.17) is 15.1 Å². The van der Waals surface area contributed by atoms with Gasteiger partial charge in [0.05, 0.1) is 12.5 Å². The van der Waals surface area contributed by atoms with Crippen molar-refractivity contribution >= 4 is 11.9 Å². The third kappa shape index (κ3) is 5.37. The van der Waals surface area contributed by atoms with Crippen LogP contribution in [-0.2, 0) is 14.3 Å². The van der Waals surface area contributed by atoms with Crippen molar-refractivity contribution in [2.75, 3.05) is 32.8 Å². The van der Waals surface area contributed by atoms with E-state index < -0.39 is 0 Å². The highest BCUT2D eigenvalue weighted by molar-refractivity contribution is 5.97. The zero-order valence-corrected chi connectivity index (χ0v) is 12.9. The molecule has 0 aromatic rings. The molecule has 0 bridgehead atoms. The maximum atomic E-state index is 12.2. The van der Waals surface area contributed by atoms with E-state index in [0.29, 0.717) is 45.5 Å². The maximum absolute atomic E-state index is 12.2. The minimum Gasteiger partial charge on any atom is -0.466 e. The van der Waals surface area contributed by atoms with Gasteiger partial charge in [-0.2, -0.15) is 5.26 Å². The number of aliphatic hydroxyl groups is 1. The molecule has 0 atom stereocenters. The molecule has 0 aromatic heterocycles. The Morgan fingerprint density at radius 1 is 1.45 bits per heavy atom. The molecule has 0 saturated carbocycles. The van der Waals surface area contributed by atoms with Crippen LogP contribution in [-0.4, -0.2) is 54.7 Å². The summed E-state index contributed by atoms with van der Waals surface area (Å²) in [7, 11) is 0. The number of amides is 1. The van der Waals surface area contributed by atoms with Crippen molar-refractivity contribution in [1.29, 1.82) is 5.26 Å². The molecule has 1 aliphatic rings. The number of rotatable bonds is 7. The summed E-state index contributed by atoms with van der Waals surface area (Å²) >= 11 is 0. The molecule has 7 nitrogen and oxygen atoms in total.